The summed E-state index contributed by atoms with van der Waals surface area (Å²) in [6.07, 6.45) is 0.506. The highest BCUT2D eigenvalue weighted by Gasteiger charge is 2.15. The van der Waals surface area contributed by atoms with E-state index < -0.39 is 10.0 Å². The summed E-state index contributed by atoms with van der Waals surface area (Å²) in [5.74, 6) is 0.725. The van der Waals surface area contributed by atoms with Gasteiger partial charge in [0.25, 0.3) is 0 Å². The second-order valence-electron chi connectivity index (χ2n) is 5.25. The maximum atomic E-state index is 12.4. The number of aromatic nitrogens is 2. The van der Waals surface area contributed by atoms with Gasteiger partial charge in [0.05, 0.1) is 23.0 Å². The molecule has 8 heteroatoms. The molecule has 7 nitrogen and oxygen atoms in total. The minimum Gasteiger partial charge on any atom is -0.496 e. The lowest BCUT2D eigenvalue weighted by Gasteiger charge is -2.09. The molecule has 24 heavy (non-hydrogen) atoms. The topological polar surface area (TPSA) is 104 Å². The number of H-pyrrole nitrogens is 2. The molecule has 0 bridgehead atoms. The Balaban J connectivity index is 1.74. The number of fused-ring (bicyclic) bond motifs is 1. The number of rotatable bonds is 6. The van der Waals surface area contributed by atoms with Crippen LogP contribution in [0.15, 0.2) is 52.2 Å². The molecule has 0 fully saturated rings. The zero-order valence-electron chi connectivity index (χ0n) is 13.0. The van der Waals surface area contributed by atoms with Gasteiger partial charge in [-0.1, -0.05) is 18.2 Å². The van der Waals surface area contributed by atoms with E-state index in [1.54, 1.807) is 13.2 Å². The third kappa shape index (κ3) is 3.34. The number of sulfonamides is 1. The highest BCUT2D eigenvalue weighted by molar-refractivity contribution is 7.89. The van der Waals surface area contributed by atoms with Gasteiger partial charge in [-0.2, -0.15) is 0 Å². The largest absolute Gasteiger partial charge is 0.496 e. The Hall–Kier alpha value is -2.58. The molecule has 3 N–H and O–H groups in total. The van der Waals surface area contributed by atoms with E-state index in [0.717, 1.165) is 11.3 Å². The Labute approximate surface area is 138 Å². The van der Waals surface area contributed by atoms with Gasteiger partial charge in [-0.15, -0.1) is 0 Å². The van der Waals surface area contributed by atoms with Crippen molar-refractivity contribution in [1.29, 1.82) is 0 Å². The van der Waals surface area contributed by atoms with Gasteiger partial charge in [0.1, 0.15) is 5.75 Å². The molecule has 1 aromatic heterocycles. The summed E-state index contributed by atoms with van der Waals surface area (Å²) < 4.78 is 32.6. The first-order valence-electron chi connectivity index (χ1n) is 7.33. The molecule has 0 aliphatic heterocycles. The van der Waals surface area contributed by atoms with Gasteiger partial charge in [0.15, 0.2) is 0 Å². The maximum absolute atomic E-state index is 12.4. The molecule has 0 spiro atoms. The minimum absolute atomic E-state index is 0.102. The molecule has 0 radical (unpaired) electrons. The lowest BCUT2D eigenvalue weighted by atomic mass is 10.1. The Morgan fingerprint density at radius 2 is 1.83 bits per heavy atom. The standard InChI is InChI=1S/C16H17N3O4S/c1-23-15-5-3-2-4-11(15)8-9-17-24(21,22)12-6-7-13-14(10-12)19-16(20)18-13/h2-7,10,17H,8-9H2,1H3,(H2,18,19,20). The number of nitrogens with one attached hydrogen (secondary N) is 3. The van der Waals surface area contributed by atoms with Crippen molar-refractivity contribution < 1.29 is 13.2 Å². The molecule has 0 amide bonds. The maximum Gasteiger partial charge on any atom is 0.323 e. The molecule has 0 saturated heterocycles. The number of benzene rings is 2. The number of ether oxygens (including phenoxy) is 1. The quantitative estimate of drug-likeness (QED) is 0.627. The number of aromatic amines is 2. The fraction of sp³-hybridized carbons (Fsp3) is 0.188. The molecule has 3 rings (SSSR count). The number of imidazole rings is 1. The fourth-order valence-corrected chi connectivity index (χ4v) is 3.55. The van der Waals surface area contributed by atoms with E-state index in [-0.39, 0.29) is 17.1 Å². The third-order valence-corrected chi connectivity index (χ3v) is 5.14. The van der Waals surface area contributed by atoms with Gasteiger partial charge < -0.3 is 14.7 Å². The first-order valence-corrected chi connectivity index (χ1v) is 8.81. The van der Waals surface area contributed by atoms with Crippen molar-refractivity contribution in [3.63, 3.8) is 0 Å². The van der Waals surface area contributed by atoms with Crippen LogP contribution in [0.4, 0.5) is 0 Å². The molecule has 0 atom stereocenters. The Bertz CT molecular complexity index is 1020. The molecule has 0 saturated carbocycles. The van der Waals surface area contributed by atoms with Gasteiger partial charge in [-0.3, -0.25) is 0 Å². The normalized spacial score (nSPS) is 11.7. The van der Waals surface area contributed by atoms with Crippen molar-refractivity contribution in [2.75, 3.05) is 13.7 Å². The number of para-hydroxylation sites is 1. The van der Waals surface area contributed by atoms with E-state index in [1.165, 1.54) is 12.1 Å². The summed E-state index contributed by atoms with van der Waals surface area (Å²) in [7, 11) is -2.08. The monoisotopic (exact) mass is 347 g/mol. The smallest absolute Gasteiger partial charge is 0.323 e. The van der Waals surface area contributed by atoms with Crippen molar-refractivity contribution in [3.05, 3.63) is 58.5 Å². The van der Waals surface area contributed by atoms with E-state index in [2.05, 4.69) is 14.7 Å². The van der Waals surface area contributed by atoms with Crippen LogP contribution in [0, 0.1) is 0 Å². The predicted molar refractivity (Wildman–Crippen MR) is 90.8 cm³/mol. The van der Waals surface area contributed by atoms with Gasteiger partial charge in [0, 0.05) is 6.54 Å². The van der Waals surface area contributed by atoms with Crippen molar-refractivity contribution in [2.45, 2.75) is 11.3 Å². The van der Waals surface area contributed by atoms with Crippen LogP contribution in [0.25, 0.3) is 11.0 Å². The van der Waals surface area contributed by atoms with E-state index in [9.17, 15) is 13.2 Å². The van der Waals surface area contributed by atoms with Crippen LogP contribution in [-0.2, 0) is 16.4 Å². The van der Waals surface area contributed by atoms with E-state index in [4.69, 9.17) is 4.74 Å². The lowest BCUT2D eigenvalue weighted by Crippen LogP contribution is -2.26. The summed E-state index contributed by atoms with van der Waals surface area (Å²) in [6, 6.07) is 11.9. The molecule has 2 aromatic carbocycles. The van der Waals surface area contributed by atoms with Gasteiger partial charge in [0.2, 0.25) is 10.0 Å². The number of hydrogen-bond acceptors (Lipinski definition) is 4. The average Bonchev–Trinajstić information content (AvgIpc) is 2.94. The van der Waals surface area contributed by atoms with Crippen LogP contribution >= 0.6 is 0 Å². The highest BCUT2D eigenvalue weighted by atomic mass is 32.2. The van der Waals surface area contributed by atoms with Gasteiger partial charge in [-0.25, -0.2) is 17.9 Å². The summed E-state index contributed by atoms with van der Waals surface area (Å²) in [5, 5.41) is 0. The van der Waals surface area contributed by atoms with Crippen LogP contribution in [0.5, 0.6) is 5.75 Å². The zero-order valence-corrected chi connectivity index (χ0v) is 13.8. The van der Waals surface area contributed by atoms with E-state index in [1.807, 2.05) is 24.3 Å². The molecular weight excluding hydrogens is 330 g/mol. The predicted octanol–water partition coefficient (Wildman–Crippen LogP) is 1.39. The second kappa shape index (κ2) is 6.50. The first-order chi connectivity index (χ1) is 11.5. The van der Waals surface area contributed by atoms with E-state index in [0.29, 0.717) is 17.5 Å². The molecular formula is C16H17N3O4S. The summed E-state index contributed by atoms with van der Waals surface area (Å²) in [5.41, 5.74) is 1.57. The molecule has 0 aliphatic carbocycles. The minimum atomic E-state index is -3.66. The van der Waals surface area contributed by atoms with Crippen LogP contribution < -0.4 is 15.1 Å². The molecule has 126 valence electrons. The van der Waals surface area contributed by atoms with Crippen molar-refractivity contribution in [3.8, 4) is 5.75 Å². The van der Waals surface area contributed by atoms with E-state index >= 15 is 0 Å². The summed E-state index contributed by atoms with van der Waals surface area (Å²) in [4.78, 5) is 16.5. The highest BCUT2D eigenvalue weighted by Crippen LogP contribution is 2.18. The average molecular weight is 347 g/mol. The Morgan fingerprint density at radius 1 is 1.08 bits per heavy atom. The zero-order chi connectivity index (χ0) is 17.2. The van der Waals surface area contributed by atoms with Crippen molar-refractivity contribution in [2.24, 2.45) is 0 Å². The van der Waals surface area contributed by atoms with Crippen LogP contribution in [0.1, 0.15) is 5.56 Å². The Morgan fingerprint density at radius 3 is 2.62 bits per heavy atom. The summed E-state index contributed by atoms with van der Waals surface area (Å²) >= 11 is 0. The number of hydrogen-bond donors (Lipinski definition) is 3. The lowest BCUT2D eigenvalue weighted by molar-refractivity contribution is 0.409. The number of methoxy groups -OCH3 is 1. The molecule has 1 heterocycles. The van der Waals surface area contributed by atoms with Crippen molar-refractivity contribution >= 4 is 21.1 Å². The van der Waals surface area contributed by atoms with Crippen molar-refractivity contribution in [1.82, 2.24) is 14.7 Å². The van der Waals surface area contributed by atoms with Gasteiger partial charge >= 0.3 is 5.69 Å². The molecule has 0 aliphatic rings. The SMILES string of the molecule is COc1ccccc1CCNS(=O)(=O)c1ccc2[nH]c(=O)[nH]c2c1. The second-order valence-corrected chi connectivity index (χ2v) is 7.01. The molecule has 0 unspecified atom stereocenters. The third-order valence-electron chi connectivity index (χ3n) is 3.68. The van der Waals surface area contributed by atoms with Crippen LogP contribution in [-0.4, -0.2) is 32.0 Å². The Kier molecular flexibility index (Phi) is 4.41. The summed E-state index contributed by atoms with van der Waals surface area (Å²) in [6.45, 7) is 0.240. The van der Waals surface area contributed by atoms with Crippen LogP contribution in [0.3, 0.4) is 0 Å². The van der Waals surface area contributed by atoms with Gasteiger partial charge in [-0.05, 0) is 36.2 Å². The van der Waals surface area contributed by atoms with Crippen LogP contribution in [0.2, 0.25) is 0 Å². The molecule has 3 aromatic rings. The first kappa shape index (κ1) is 16.3. The fourth-order valence-electron chi connectivity index (χ4n) is 2.49.